The van der Waals surface area contributed by atoms with Crippen molar-refractivity contribution in [3.8, 4) is 5.75 Å². The van der Waals surface area contributed by atoms with Gasteiger partial charge in [-0.2, -0.15) is 0 Å². The molecule has 1 aliphatic heterocycles. The molecule has 6 heteroatoms. The Bertz CT molecular complexity index is 967. The van der Waals surface area contributed by atoms with Gasteiger partial charge in [0.25, 0.3) is 0 Å². The van der Waals surface area contributed by atoms with E-state index < -0.39 is 11.4 Å². The molecule has 0 aliphatic carbocycles. The fraction of sp³-hybridized carbons (Fsp3) is 0.158. The number of carboxylic acids is 1. The predicted octanol–water partition coefficient (Wildman–Crippen LogP) is 4.17. The van der Waals surface area contributed by atoms with Gasteiger partial charge in [0.15, 0.2) is 17.3 Å². The van der Waals surface area contributed by atoms with Crippen molar-refractivity contribution >= 4 is 21.9 Å². The van der Waals surface area contributed by atoms with Gasteiger partial charge in [0.1, 0.15) is 17.8 Å². The number of aromatic nitrogens is 1. The summed E-state index contributed by atoms with van der Waals surface area (Å²) in [6.45, 7) is 1.89. The summed E-state index contributed by atoms with van der Waals surface area (Å²) in [4.78, 5) is 15.9. The van der Waals surface area contributed by atoms with Crippen molar-refractivity contribution in [2.24, 2.45) is 0 Å². The number of benzene rings is 2. The van der Waals surface area contributed by atoms with Gasteiger partial charge < -0.3 is 14.3 Å². The number of halogens is 1. The molecule has 0 fully saturated rings. The minimum atomic E-state index is -1.12. The van der Waals surface area contributed by atoms with E-state index in [0.717, 1.165) is 15.6 Å². The summed E-state index contributed by atoms with van der Waals surface area (Å²) in [6.07, 6.45) is 0. The number of ether oxygens (including phenoxy) is 1. The summed E-state index contributed by atoms with van der Waals surface area (Å²) >= 11 is 3.51. The smallest absolute Gasteiger partial charge is 0.358 e. The fourth-order valence-corrected chi connectivity index (χ4v) is 3.87. The van der Waals surface area contributed by atoms with E-state index in [2.05, 4.69) is 20.9 Å². The maximum absolute atomic E-state index is 11.8. The molecule has 2 heterocycles. The lowest BCUT2D eigenvalue weighted by atomic mass is 9.73. The zero-order chi connectivity index (χ0) is 17.6. The number of hydrogen-bond acceptors (Lipinski definition) is 4. The molecule has 1 unspecified atom stereocenters. The molecule has 25 heavy (non-hydrogen) atoms. The van der Waals surface area contributed by atoms with E-state index in [1.807, 2.05) is 48.5 Å². The second-order valence-electron chi connectivity index (χ2n) is 5.89. The number of nitrogens with zero attached hydrogens (tertiary/aromatic N) is 1. The van der Waals surface area contributed by atoms with Crippen molar-refractivity contribution in [2.45, 2.75) is 12.3 Å². The molecule has 126 valence electrons. The van der Waals surface area contributed by atoms with Crippen molar-refractivity contribution in [2.75, 3.05) is 6.61 Å². The van der Waals surface area contributed by atoms with Gasteiger partial charge >= 0.3 is 5.97 Å². The Morgan fingerprint density at radius 2 is 1.96 bits per heavy atom. The Balaban J connectivity index is 2.08. The fourth-order valence-electron chi connectivity index (χ4n) is 3.39. The first-order valence-electron chi connectivity index (χ1n) is 7.72. The molecule has 1 atom stereocenters. The van der Waals surface area contributed by atoms with E-state index in [9.17, 15) is 9.90 Å². The molecule has 4 rings (SSSR count). The largest absolute Gasteiger partial charge is 0.490 e. The first-order valence-corrected chi connectivity index (χ1v) is 8.52. The summed E-state index contributed by atoms with van der Waals surface area (Å²) in [5, 5.41) is 9.63. The number of rotatable bonds is 3. The third-order valence-electron chi connectivity index (χ3n) is 4.45. The molecule has 0 radical (unpaired) electrons. The van der Waals surface area contributed by atoms with E-state index in [1.165, 1.54) is 0 Å². The first kappa shape index (κ1) is 15.9. The first-order chi connectivity index (χ1) is 12.0. The van der Waals surface area contributed by atoms with Crippen LogP contribution in [-0.2, 0) is 5.41 Å². The molecule has 2 aromatic carbocycles. The van der Waals surface area contributed by atoms with Crippen LogP contribution >= 0.6 is 15.9 Å². The molecule has 0 spiro atoms. The van der Waals surface area contributed by atoms with Gasteiger partial charge in [0.05, 0.1) is 4.47 Å². The predicted molar refractivity (Wildman–Crippen MR) is 94.2 cm³/mol. The van der Waals surface area contributed by atoms with Crippen LogP contribution in [0.1, 0.15) is 33.3 Å². The summed E-state index contributed by atoms with van der Waals surface area (Å²) < 4.78 is 12.6. The quantitative estimate of drug-likeness (QED) is 0.715. The second kappa shape index (κ2) is 5.74. The highest BCUT2D eigenvalue weighted by atomic mass is 79.9. The van der Waals surface area contributed by atoms with Crippen molar-refractivity contribution < 1.29 is 19.1 Å². The standard InChI is InChI=1S/C19H14BrNO4/c1-11-21-15(18(22)23)17(25-11)19(12-6-3-2-4-7-12)10-24-16-13(19)8-5-9-14(16)20/h2-9H,10H2,1H3,(H,22,23). The number of carbonyl (C=O) groups is 1. The van der Waals surface area contributed by atoms with Crippen LogP contribution in [0.15, 0.2) is 57.4 Å². The van der Waals surface area contributed by atoms with Gasteiger partial charge in [-0.25, -0.2) is 9.78 Å². The Hall–Kier alpha value is -2.60. The molecule has 0 saturated carbocycles. The van der Waals surface area contributed by atoms with Gasteiger partial charge in [-0.15, -0.1) is 0 Å². The molecule has 1 aromatic heterocycles. The lowest BCUT2D eigenvalue weighted by molar-refractivity contribution is 0.0687. The Morgan fingerprint density at radius 1 is 1.20 bits per heavy atom. The van der Waals surface area contributed by atoms with Crippen molar-refractivity contribution in [1.29, 1.82) is 0 Å². The van der Waals surface area contributed by atoms with Crippen LogP contribution < -0.4 is 4.74 Å². The number of para-hydroxylation sites is 1. The minimum Gasteiger partial charge on any atom is -0.490 e. The molecule has 0 amide bonds. The van der Waals surface area contributed by atoms with E-state index in [1.54, 1.807) is 6.92 Å². The summed E-state index contributed by atoms with van der Waals surface area (Å²) in [7, 11) is 0. The average Bonchev–Trinajstić information content (AvgIpc) is 3.18. The van der Waals surface area contributed by atoms with Crippen molar-refractivity contribution in [3.63, 3.8) is 0 Å². The van der Waals surface area contributed by atoms with Gasteiger partial charge in [0.2, 0.25) is 0 Å². The van der Waals surface area contributed by atoms with Gasteiger partial charge in [-0.3, -0.25) is 0 Å². The molecule has 0 bridgehead atoms. The zero-order valence-corrected chi connectivity index (χ0v) is 14.9. The molecular weight excluding hydrogens is 386 g/mol. The van der Waals surface area contributed by atoms with Crippen LogP contribution in [0.25, 0.3) is 0 Å². The minimum absolute atomic E-state index is 0.0854. The topological polar surface area (TPSA) is 72.6 Å². The van der Waals surface area contributed by atoms with Crippen LogP contribution in [0.5, 0.6) is 5.75 Å². The van der Waals surface area contributed by atoms with Crippen LogP contribution in [0.4, 0.5) is 0 Å². The van der Waals surface area contributed by atoms with Gasteiger partial charge in [-0.1, -0.05) is 42.5 Å². The van der Waals surface area contributed by atoms with Crippen molar-refractivity contribution in [3.05, 3.63) is 81.5 Å². The number of oxazole rings is 1. The maximum atomic E-state index is 11.8. The van der Waals surface area contributed by atoms with Crippen LogP contribution in [0, 0.1) is 6.92 Å². The lowest BCUT2D eigenvalue weighted by Gasteiger charge is -2.26. The maximum Gasteiger partial charge on any atom is 0.358 e. The molecule has 5 nitrogen and oxygen atoms in total. The van der Waals surface area contributed by atoms with E-state index in [-0.39, 0.29) is 12.3 Å². The lowest BCUT2D eigenvalue weighted by Crippen LogP contribution is -2.32. The Morgan fingerprint density at radius 3 is 2.68 bits per heavy atom. The van der Waals surface area contributed by atoms with E-state index in [0.29, 0.717) is 17.4 Å². The Kier molecular flexibility index (Phi) is 3.65. The van der Waals surface area contributed by atoms with Crippen LogP contribution in [-0.4, -0.2) is 22.7 Å². The van der Waals surface area contributed by atoms with Crippen molar-refractivity contribution in [1.82, 2.24) is 4.98 Å². The third kappa shape index (κ3) is 2.28. The third-order valence-corrected chi connectivity index (χ3v) is 5.08. The highest BCUT2D eigenvalue weighted by molar-refractivity contribution is 9.10. The average molecular weight is 400 g/mol. The molecule has 1 N–H and O–H groups in total. The highest BCUT2D eigenvalue weighted by Crippen LogP contribution is 2.51. The highest BCUT2D eigenvalue weighted by Gasteiger charge is 2.50. The zero-order valence-electron chi connectivity index (χ0n) is 13.3. The normalized spacial score (nSPS) is 18.6. The van der Waals surface area contributed by atoms with E-state index >= 15 is 0 Å². The summed E-state index contributed by atoms with van der Waals surface area (Å²) in [5.41, 5.74) is 0.796. The van der Waals surface area contributed by atoms with Gasteiger partial charge in [0, 0.05) is 12.5 Å². The van der Waals surface area contributed by atoms with E-state index in [4.69, 9.17) is 9.15 Å². The monoisotopic (exact) mass is 399 g/mol. The number of hydrogen-bond donors (Lipinski definition) is 1. The molecule has 0 saturated heterocycles. The number of aromatic carboxylic acids is 1. The van der Waals surface area contributed by atoms with Crippen LogP contribution in [0.2, 0.25) is 0 Å². The Labute approximate surface area is 152 Å². The van der Waals surface area contributed by atoms with Gasteiger partial charge in [-0.05, 0) is 27.6 Å². The number of fused-ring (bicyclic) bond motifs is 1. The molecule has 3 aromatic rings. The summed E-state index contributed by atoms with van der Waals surface area (Å²) in [6, 6.07) is 15.4. The second-order valence-corrected chi connectivity index (χ2v) is 6.75. The molecular formula is C19H14BrNO4. The number of carboxylic acid groups (broad SMARTS) is 1. The summed E-state index contributed by atoms with van der Waals surface area (Å²) in [5.74, 6) is 0.175. The van der Waals surface area contributed by atoms with Crippen LogP contribution in [0.3, 0.4) is 0 Å². The number of aryl methyl sites for hydroxylation is 1. The molecule has 1 aliphatic rings. The SMILES string of the molecule is Cc1nc(C(=O)O)c(C2(c3ccccc3)COc3c(Br)cccc32)o1.